The molecule has 2 rings (SSSR count). The van der Waals surface area contributed by atoms with E-state index in [0.29, 0.717) is 18.1 Å². The molecular weight excluding hydrogens is 418 g/mol. The van der Waals surface area contributed by atoms with E-state index in [0.717, 1.165) is 12.3 Å². The number of pyridine rings is 1. The SMILES string of the molecule is CC(C(C=C(Cl)C=O)=CNCC(F)(F)C(F)F)N1Cc2c(ccnc2C=O)C1=O. The van der Waals surface area contributed by atoms with Crippen molar-refractivity contribution in [3.05, 3.63) is 52.0 Å². The van der Waals surface area contributed by atoms with Crippen LogP contribution in [0.5, 0.6) is 0 Å². The van der Waals surface area contributed by atoms with Gasteiger partial charge in [-0.25, -0.2) is 8.78 Å². The van der Waals surface area contributed by atoms with Gasteiger partial charge in [-0.3, -0.25) is 19.4 Å². The van der Waals surface area contributed by atoms with Crippen molar-refractivity contribution in [1.29, 1.82) is 0 Å². The van der Waals surface area contributed by atoms with E-state index in [1.165, 1.54) is 24.1 Å². The van der Waals surface area contributed by atoms with Crippen molar-refractivity contribution in [2.75, 3.05) is 6.54 Å². The summed E-state index contributed by atoms with van der Waals surface area (Å²) in [5.74, 6) is -4.72. The number of carbonyl (C=O) groups is 3. The van der Waals surface area contributed by atoms with Crippen LogP contribution in [0.15, 0.2) is 35.1 Å². The van der Waals surface area contributed by atoms with E-state index in [-0.39, 0.29) is 28.4 Å². The van der Waals surface area contributed by atoms with Crippen molar-refractivity contribution < 1.29 is 31.9 Å². The molecule has 0 aromatic carbocycles. The molecule has 11 heteroatoms. The lowest BCUT2D eigenvalue weighted by atomic mass is 10.1. The summed E-state index contributed by atoms with van der Waals surface area (Å²) >= 11 is 5.70. The zero-order valence-electron chi connectivity index (χ0n) is 15.0. The van der Waals surface area contributed by atoms with Crippen molar-refractivity contribution >= 4 is 30.1 Å². The average molecular weight is 434 g/mol. The summed E-state index contributed by atoms with van der Waals surface area (Å²) < 4.78 is 50.8. The number of carbonyl (C=O) groups excluding carboxylic acids is 3. The van der Waals surface area contributed by atoms with Gasteiger partial charge in [-0.2, -0.15) is 8.78 Å². The van der Waals surface area contributed by atoms with Crippen molar-refractivity contribution in [2.24, 2.45) is 0 Å². The summed E-state index contributed by atoms with van der Waals surface area (Å²) in [5.41, 5.74) is 0.874. The highest BCUT2D eigenvalue weighted by atomic mass is 35.5. The molecule has 0 fully saturated rings. The zero-order valence-corrected chi connectivity index (χ0v) is 15.8. The van der Waals surface area contributed by atoms with E-state index in [2.05, 4.69) is 10.3 Å². The highest BCUT2D eigenvalue weighted by Crippen LogP contribution is 2.29. The van der Waals surface area contributed by atoms with Crippen molar-refractivity contribution in [3.8, 4) is 0 Å². The predicted molar refractivity (Wildman–Crippen MR) is 96.0 cm³/mol. The summed E-state index contributed by atoms with van der Waals surface area (Å²) in [6.07, 6.45) is 0.369. The maximum absolute atomic E-state index is 13.1. The van der Waals surface area contributed by atoms with Gasteiger partial charge in [0.05, 0.1) is 17.6 Å². The topological polar surface area (TPSA) is 79.4 Å². The molecule has 6 nitrogen and oxygen atoms in total. The molecule has 0 saturated heterocycles. The van der Waals surface area contributed by atoms with Gasteiger partial charge in [0, 0.05) is 30.1 Å². The lowest BCUT2D eigenvalue weighted by Gasteiger charge is -2.26. The second-order valence-corrected chi connectivity index (χ2v) is 6.62. The number of hydrogen-bond donors (Lipinski definition) is 1. The van der Waals surface area contributed by atoms with Crippen LogP contribution in [0, 0.1) is 0 Å². The van der Waals surface area contributed by atoms with E-state index in [1.54, 1.807) is 0 Å². The van der Waals surface area contributed by atoms with Gasteiger partial charge in [0.1, 0.15) is 5.69 Å². The number of rotatable bonds is 9. The van der Waals surface area contributed by atoms with Crippen LogP contribution in [0.3, 0.4) is 0 Å². The number of alkyl halides is 4. The molecular formula is C18H16ClF4N3O3. The fourth-order valence-electron chi connectivity index (χ4n) is 2.72. The Morgan fingerprint density at radius 1 is 1.41 bits per heavy atom. The zero-order chi connectivity index (χ0) is 21.8. The lowest BCUT2D eigenvalue weighted by Crippen LogP contribution is -2.38. The Hall–Kier alpha value is -2.75. The molecule has 156 valence electrons. The highest BCUT2D eigenvalue weighted by Gasteiger charge is 2.40. The van der Waals surface area contributed by atoms with Crippen LogP contribution in [-0.4, -0.2) is 53.3 Å². The first-order valence-electron chi connectivity index (χ1n) is 8.28. The summed E-state index contributed by atoms with van der Waals surface area (Å²) in [7, 11) is 0. The smallest absolute Gasteiger partial charge is 0.324 e. The van der Waals surface area contributed by atoms with Gasteiger partial charge >= 0.3 is 12.3 Å². The van der Waals surface area contributed by atoms with Gasteiger partial charge in [0.25, 0.3) is 5.91 Å². The number of nitrogens with one attached hydrogen (secondary N) is 1. The lowest BCUT2D eigenvalue weighted by molar-refractivity contribution is -0.123. The van der Waals surface area contributed by atoms with Gasteiger partial charge in [-0.15, -0.1) is 0 Å². The van der Waals surface area contributed by atoms with Gasteiger partial charge in [0.15, 0.2) is 12.6 Å². The second-order valence-electron chi connectivity index (χ2n) is 6.18. The molecule has 0 bridgehead atoms. The monoisotopic (exact) mass is 433 g/mol. The van der Waals surface area contributed by atoms with E-state index in [1.807, 2.05) is 0 Å². The first-order chi connectivity index (χ1) is 13.6. The Kier molecular flexibility index (Phi) is 7.12. The molecule has 1 amide bonds. The third-order valence-electron chi connectivity index (χ3n) is 4.31. The summed E-state index contributed by atoms with van der Waals surface area (Å²) in [6, 6.07) is 0.645. The molecule has 0 spiro atoms. The number of hydrogen-bond acceptors (Lipinski definition) is 5. The molecule has 1 unspecified atom stereocenters. The summed E-state index contributed by atoms with van der Waals surface area (Å²) in [5, 5.41) is 1.79. The van der Waals surface area contributed by atoms with Crippen molar-refractivity contribution in [1.82, 2.24) is 15.2 Å². The third kappa shape index (κ3) is 5.00. The molecule has 1 N–H and O–H groups in total. The summed E-state index contributed by atoms with van der Waals surface area (Å²) in [4.78, 5) is 39.9. The largest absolute Gasteiger partial charge is 0.384 e. The highest BCUT2D eigenvalue weighted by molar-refractivity contribution is 6.38. The van der Waals surface area contributed by atoms with Crippen LogP contribution < -0.4 is 5.32 Å². The molecule has 2 heterocycles. The third-order valence-corrected chi connectivity index (χ3v) is 4.51. The molecule has 1 aliphatic heterocycles. The van der Waals surface area contributed by atoms with Crippen LogP contribution in [0.25, 0.3) is 0 Å². The Morgan fingerprint density at radius 3 is 2.69 bits per heavy atom. The molecule has 0 radical (unpaired) electrons. The van der Waals surface area contributed by atoms with Gasteiger partial charge in [-0.05, 0) is 24.6 Å². The van der Waals surface area contributed by atoms with E-state index >= 15 is 0 Å². The average Bonchev–Trinajstić information content (AvgIpc) is 3.03. The molecule has 1 aromatic rings. The van der Waals surface area contributed by atoms with Gasteiger partial charge in [-0.1, -0.05) is 11.6 Å². The van der Waals surface area contributed by atoms with Gasteiger partial charge in [0.2, 0.25) is 0 Å². The predicted octanol–water partition coefficient (Wildman–Crippen LogP) is 2.93. The molecule has 1 aromatic heterocycles. The number of amides is 1. The number of allylic oxidation sites excluding steroid dienone is 1. The van der Waals surface area contributed by atoms with E-state index in [4.69, 9.17) is 11.6 Å². The second kappa shape index (κ2) is 9.17. The minimum Gasteiger partial charge on any atom is -0.384 e. The van der Waals surface area contributed by atoms with Gasteiger partial charge < -0.3 is 10.2 Å². The first-order valence-corrected chi connectivity index (χ1v) is 8.66. The molecule has 0 saturated carbocycles. The molecule has 1 aliphatic rings. The quantitative estimate of drug-likeness (QED) is 0.280. The summed E-state index contributed by atoms with van der Waals surface area (Å²) in [6.45, 7) is 0.178. The normalized spacial score (nSPS) is 16.1. The van der Waals surface area contributed by atoms with Crippen LogP contribution >= 0.6 is 11.6 Å². The number of aldehydes is 2. The fourth-order valence-corrected chi connectivity index (χ4v) is 2.85. The van der Waals surface area contributed by atoms with E-state index in [9.17, 15) is 31.9 Å². The van der Waals surface area contributed by atoms with Crippen molar-refractivity contribution in [3.63, 3.8) is 0 Å². The number of halogens is 5. The fraction of sp³-hybridized carbons (Fsp3) is 0.333. The Bertz CT molecular complexity index is 874. The Morgan fingerprint density at radius 2 is 2.10 bits per heavy atom. The first kappa shape index (κ1) is 22.5. The maximum atomic E-state index is 13.1. The molecule has 1 atom stereocenters. The maximum Gasteiger partial charge on any atom is 0.324 e. The number of nitrogens with zero attached hydrogens (tertiary/aromatic N) is 2. The Balaban J connectivity index is 2.30. The van der Waals surface area contributed by atoms with Crippen LogP contribution in [-0.2, 0) is 11.3 Å². The van der Waals surface area contributed by atoms with Crippen LogP contribution in [0.1, 0.15) is 33.3 Å². The number of fused-ring (bicyclic) bond motifs is 1. The Labute approximate surface area is 168 Å². The molecule has 29 heavy (non-hydrogen) atoms. The van der Waals surface area contributed by atoms with Crippen molar-refractivity contribution in [2.45, 2.75) is 31.9 Å². The minimum absolute atomic E-state index is 0.00826. The minimum atomic E-state index is -4.27. The number of aromatic nitrogens is 1. The van der Waals surface area contributed by atoms with Crippen LogP contribution in [0.2, 0.25) is 0 Å². The standard InChI is InChI=1S/C18H16ClF4N3O3/c1-10(26-6-14-13(16(26)29)2-3-25-15(14)8-28)11(4-12(19)7-27)5-24-9-18(22,23)17(20)21/h2-5,7-8,10,17,24H,6,9H2,1H3. The van der Waals surface area contributed by atoms with E-state index < -0.39 is 30.8 Å². The molecule has 0 aliphatic carbocycles. The van der Waals surface area contributed by atoms with Crippen LogP contribution in [0.4, 0.5) is 17.6 Å².